The Morgan fingerprint density at radius 1 is 1.30 bits per heavy atom. The van der Waals surface area contributed by atoms with Crippen LogP contribution in [0.4, 0.5) is 0 Å². The molecule has 0 radical (unpaired) electrons. The van der Waals surface area contributed by atoms with E-state index in [4.69, 9.17) is 0 Å². The normalized spacial score (nSPS) is 22.1. The van der Waals surface area contributed by atoms with Gasteiger partial charge in [0.25, 0.3) is 0 Å². The van der Waals surface area contributed by atoms with E-state index in [2.05, 4.69) is 47.1 Å². The van der Waals surface area contributed by atoms with Gasteiger partial charge in [-0.15, -0.1) is 6.58 Å². The molecule has 1 atom stereocenters. The molecule has 1 spiro atoms. The summed E-state index contributed by atoms with van der Waals surface area (Å²) in [6, 6.07) is 10.2. The first-order valence-electron chi connectivity index (χ1n) is 9.82. The lowest BCUT2D eigenvalue weighted by Gasteiger charge is -2.39. The molecule has 142 valence electrons. The van der Waals surface area contributed by atoms with Gasteiger partial charge >= 0.3 is 0 Å². The fraction of sp³-hybridized carbons (Fsp3) is 0.455. The van der Waals surface area contributed by atoms with Crippen molar-refractivity contribution < 1.29 is 4.79 Å². The fourth-order valence-corrected chi connectivity index (χ4v) is 4.49. The highest BCUT2D eigenvalue weighted by Crippen LogP contribution is 2.39. The van der Waals surface area contributed by atoms with E-state index in [0.29, 0.717) is 0 Å². The summed E-state index contributed by atoms with van der Waals surface area (Å²) in [6.07, 6.45) is 6.95. The van der Waals surface area contributed by atoms with Gasteiger partial charge in [-0.05, 0) is 31.7 Å². The second kappa shape index (κ2) is 7.31. The van der Waals surface area contributed by atoms with Crippen LogP contribution in [0.25, 0.3) is 0 Å². The first-order valence-corrected chi connectivity index (χ1v) is 9.82. The zero-order chi connectivity index (χ0) is 18.9. The Balaban J connectivity index is 1.38. The number of aromatic nitrogens is 2. The van der Waals surface area contributed by atoms with Gasteiger partial charge in [0.1, 0.15) is 0 Å². The predicted molar refractivity (Wildman–Crippen MR) is 106 cm³/mol. The molecule has 4 rings (SSSR count). The number of aryl methyl sites for hydroxylation is 1. The standard InChI is InChI=1S/C22H28N4O/c1-3-11-26-16-19(17(2)24-26)15-25-12-9-22(10-13-25)14-20(21(27)23-22)18-7-5-4-6-8-18/h3-8,16,20H,1,9-15H2,2H3,(H,23,27). The van der Waals surface area contributed by atoms with Gasteiger partial charge in [0.2, 0.25) is 5.91 Å². The van der Waals surface area contributed by atoms with Crippen LogP contribution in [0.2, 0.25) is 0 Å². The summed E-state index contributed by atoms with van der Waals surface area (Å²) < 4.78 is 1.95. The van der Waals surface area contributed by atoms with Crippen molar-refractivity contribution in [2.75, 3.05) is 13.1 Å². The number of allylic oxidation sites excluding steroid dienone is 1. The van der Waals surface area contributed by atoms with Gasteiger partial charge in [-0.1, -0.05) is 36.4 Å². The van der Waals surface area contributed by atoms with Crippen LogP contribution in [0, 0.1) is 6.92 Å². The average Bonchev–Trinajstić information content (AvgIpc) is 3.18. The molecule has 2 saturated heterocycles. The summed E-state index contributed by atoms with van der Waals surface area (Å²) in [5.74, 6) is 0.188. The highest BCUT2D eigenvalue weighted by molar-refractivity contribution is 5.87. The number of carbonyl (C=O) groups is 1. The van der Waals surface area contributed by atoms with E-state index in [9.17, 15) is 4.79 Å². The van der Waals surface area contributed by atoms with Crippen molar-refractivity contribution in [2.24, 2.45) is 0 Å². The number of piperidine rings is 1. The van der Waals surface area contributed by atoms with Crippen molar-refractivity contribution in [1.29, 1.82) is 0 Å². The number of nitrogens with one attached hydrogen (secondary N) is 1. The third-order valence-electron chi connectivity index (χ3n) is 6.07. The summed E-state index contributed by atoms with van der Waals surface area (Å²) in [5, 5.41) is 7.89. The molecular formula is C22H28N4O. The topological polar surface area (TPSA) is 50.2 Å². The molecule has 0 aliphatic carbocycles. The van der Waals surface area contributed by atoms with Crippen LogP contribution in [-0.4, -0.2) is 39.2 Å². The molecule has 1 amide bonds. The number of hydrogen-bond acceptors (Lipinski definition) is 3. The Morgan fingerprint density at radius 3 is 2.74 bits per heavy atom. The van der Waals surface area contributed by atoms with Gasteiger partial charge < -0.3 is 5.32 Å². The molecule has 2 aliphatic heterocycles. The quantitative estimate of drug-likeness (QED) is 0.830. The van der Waals surface area contributed by atoms with E-state index < -0.39 is 0 Å². The zero-order valence-electron chi connectivity index (χ0n) is 16.0. The molecule has 2 aromatic rings. The number of rotatable bonds is 5. The van der Waals surface area contributed by atoms with Crippen molar-refractivity contribution >= 4 is 5.91 Å². The van der Waals surface area contributed by atoms with Crippen LogP contribution < -0.4 is 5.32 Å². The molecular weight excluding hydrogens is 336 g/mol. The maximum absolute atomic E-state index is 12.6. The Kier molecular flexibility index (Phi) is 4.87. The van der Waals surface area contributed by atoms with Crippen LogP contribution >= 0.6 is 0 Å². The molecule has 1 aromatic carbocycles. The molecule has 5 heteroatoms. The molecule has 2 aliphatic rings. The van der Waals surface area contributed by atoms with E-state index in [1.54, 1.807) is 0 Å². The molecule has 1 unspecified atom stereocenters. The van der Waals surface area contributed by atoms with Crippen molar-refractivity contribution in [2.45, 2.75) is 50.7 Å². The summed E-state index contributed by atoms with van der Waals surface area (Å²) in [7, 11) is 0. The molecule has 2 fully saturated rings. The third kappa shape index (κ3) is 3.69. The Bertz CT molecular complexity index is 818. The molecule has 3 heterocycles. The van der Waals surface area contributed by atoms with Gasteiger partial charge in [-0.3, -0.25) is 14.4 Å². The smallest absolute Gasteiger partial charge is 0.228 e. The van der Waals surface area contributed by atoms with Gasteiger partial charge in [-0.25, -0.2) is 0 Å². The molecule has 5 nitrogen and oxygen atoms in total. The van der Waals surface area contributed by atoms with Gasteiger partial charge in [0.05, 0.1) is 18.2 Å². The fourth-order valence-electron chi connectivity index (χ4n) is 4.49. The lowest BCUT2D eigenvalue weighted by atomic mass is 9.82. The Hall–Kier alpha value is -2.40. The number of nitrogens with zero attached hydrogens (tertiary/aromatic N) is 3. The molecule has 1 N–H and O–H groups in total. The Morgan fingerprint density at radius 2 is 2.04 bits per heavy atom. The number of hydrogen-bond donors (Lipinski definition) is 1. The highest BCUT2D eigenvalue weighted by atomic mass is 16.2. The molecule has 27 heavy (non-hydrogen) atoms. The summed E-state index contributed by atoms with van der Waals surface area (Å²) in [4.78, 5) is 15.1. The summed E-state index contributed by atoms with van der Waals surface area (Å²) in [5.41, 5.74) is 3.48. The molecule has 1 aromatic heterocycles. The van der Waals surface area contributed by atoms with Crippen molar-refractivity contribution in [3.63, 3.8) is 0 Å². The summed E-state index contributed by atoms with van der Waals surface area (Å²) in [6.45, 7) is 9.54. The lowest BCUT2D eigenvalue weighted by molar-refractivity contribution is -0.121. The van der Waals surface area contributed by atoms with E-state index >= 15 is 0 Å². The van der Waals surface area contributed by atoms with Crippen molar-refractivity contribution in [1.82, 2.24) is 20.0 Å². The SMILES string of the molecule is C=CCn1cc(CN2CCC3(CC2)CC(c2ccccc2)C(=O)N3)c(C)n1. The number of amides is 1. The lowest BCUT2D eigenvalue weighted by Crippen LogP contribution is -2.50. The van der Waals surface area contributed by atoms with E-state index in [1.165, 1.54) is 5.56 Å². The van der Waals surface area contributed by atoms with Crippen LogP contribution in [0.1, 0.15) is 42.0 Å². The largest absolute Gasteiger partial charge is 0.350 e. The van der Waals surface area contributed by atoms with Crippen LogP contribution in [0.3, 0.4) is 0 Å². The average molecular weight is 364 g/mol. The van der Waals surface area contributed by atoms with Gasteiger partial charge in [-0.2, -0.15) is 5.10 Å². The number of likely N-dealkylation sites (tertiary alicyclic amines) is 1. The van der Waals surface area contributed by atoms with Gasteiger partial charge in [0, 0.05) is 36.9 Å². The third-order valence-corrected chi connectivity index (χ3v) is 6.07. The minimum atomic E-state index is -0.0316. The molecule has 0 bridgehead atoms. The van der Waals surface area contributed by atoms with Crippen LogP contribution in [0.15, 0.2) is 49.2 Å². The van der Waals surface area contributed by atoms with E-state index in [0.717, 1.165) is 56.7 Å². The van der Waals surface area contributed by atoms with E-state index in [-0.39, 0.29) is 17.4 Å². The maximum atomic E-state index is 12.6. The maximum Gasteiger partial charge on any atom is 0.228 e. The summed E-state index contributed by atoms with van der Waals surface area (Å²) >= 11 is 0. The monoisotopic (exact) mass is 364 g/mol. The first kappa shape index (κ1) is 18.0. The van der Waals surface area contributed by atoms with Crippen LogP contribution in [-0.2, 0) is 17.9 Å². The van der Waals surface area contributed by atoms with E-state index in [1.807, 2.05) is 29.0 Å². The second-order valence-electron chi connectivity index (χ2n) is 7.96. The van der Waals surface area contributed by atoms with Crippen molar-refractivity contribution in [3.8, 4) is 0 Å². The predicted octanol–water partition coefficient (Wildman–Crippen LogP) is 3.02. The second-order valence-corrected chi connectivity index (χ2v) is 7.96. The molecule has 0 saturated carbocycles. The highest BCUT2D eigenvalue weighted by Gasteiger charge is 2.46. The minimum absolute atomic E-state index is 0.00266. The van der Waals surface area contributed by atoms with Gasteiger partial charge in [0.15, 0.2) is 0 Å². The number of benzene rings is 1. The van der Waals surface area contributed by atoms with Crippen LogP contribution in [0.5, 0.6) is 0 Å². The minimum Gasteiger partial charge on any atom is -0.350 e. The zero-order valence-corrected chi connectivity index (χ0v) is 16.0. The first-order chi connectivity index (χ1) is 13.1. The van der Waals surface area contributed by atoms with Crippen molar-refractivity contribution in [3.05, 3.63) is 66.0 Å². The Labute approximate surface area is 161 Å². The number of carbonyl (C=O) groups excluding carboxylic acids is 1.